The Bertz CT molecular complexity index is 1710. The summed E-state index contributed by atoms with van der Waals surface area (Å²) in [6.45, 7) is 1.41. The molecular formula is C30H24ClN3O3S. The van der Waals surface area contributed by atoms with Crippen LogP contribution in [0, 0.1) is 6.92 Å². The van der Waals surface area contributed by atoms with Gasteiger partial charge in [0.05, 0.1) is 16.8 Å². The van der Waals surface area contributed by atoms with Crippen LogP contribution < -0.4 is 9.73 Å². The van der Waals surface area contributed by atoms with Gasteiger partial charge >= 0.3 is 0 Å². The third-order valence-electron chi connectivity index (χ3n) is 6.21. The first-order chi connectivity index (χ1) is 18.3. The van der Waals surface area contributed by atoms with Gasteiger partial charge in [0.1, 0.15) is 6.54 Å². The number of sulfonamides is 1. The van der Waals surface area contributed by atoms with Gasteiger partial charge in [-0.05, 0) is 70.9 Å². The average molecular weight is 542 g/mol. The molecule has 0 bridgehead atoms. The number of halogens is 1. The maximum Gasteiger partial charge on any atom is 0.264 e. The van der Waals surface area contributed by atoms with Crippen molar-refractivity contribution >= 4 is 61.0 Å². The second-order valence-corrected chi connectivity index (χ2v) is 11.1. The maximum absolute atomic E-state index is 13.5. The molecule has 1 N–H and O–H groups in total. The summed E-state index contributed by atoms with van der Waals surface area (Å²) in [5, 5.41) is 8.75. The molecule has 0 unspecified atom stereocenters. The molecule has 1 amide bonds. The first kappa shape index (κ1) is 25.4. The molecule has 38 heavy (non-hydrogen) atoms. The molecule has 0 saturated carbocycles. The molecule has 0 atom stereocenters. The first-order valence-electron chi connectivity index (χ1n) is 11.9. The Morgan fingerprint density at radius 2 is 1.45 bits per heavy atom. The number of carbonyl (C=O) groups is 1. The summed E-state index contributed by atoms with van der Waals surface area (Å²) in [4.78, 5) is 13.1. The molecule has 5 aromatic carbocycles. The SMILES string of the molecule is Cc1ccc(S(=O)(=O)N(CC(=O)NN=Cc2c3ccccc3cc3ccccc23)c2ccc(Cl)cc2)cc1. The molecule has 6 nitrogen and oxygen atoms in total. The number of rotatable bonds is 7. The minimum Gasteiger partial charge on any atom is -0.271 e. The second-order valence-electron chi connectivity index (χ2n) is 8.83. The van der Waals surface area contributed by atoms with Crippen LogP contribution in [0.2, 0.25) is 5.02 Å². The summed E-state index contributed by atoms with van der Waals surface area (Å²) in [6.07, 6.45) is 1.60. The highest BCUT2D eigenvalue weighted by Crippen LogP contribution is 2.28. The maximum atomic E-state index is 13.5. The molecule has 0 aromatic heterocycles. The van der Waals surface area contributed by atoms with Crippen LogP contribution in [-0.2, 0) is 14.8 Å². The van der Waals surface area contributed by atoms with E-state index in [0.29, 0.717) is 10.7 Å². The zero-order chi connectivity index (χ0) is 26.7. The average Bonchev–Trinajstić information content (AvgIpc) is 2.92. The van der Waals surface area contributed by atoms with Crippen molar-refractivity contribution in [2.24, 2.45) is 5.10 Å². The molecule has 5 aromatic rings. The summed E-state index contributed by atoms with van der Waals surface area (Å²) >= 11 is 6.01. The van der Waals surface area contributed by atoms with Gasteiger partial charge < -0.3 is 0 Å². The van der Waals surface area contributed by atoms with Gasteiger partial charge in [0.15, 0.2) is 0 Å². The predicted molar refractivity (Wildman–Crippen MR) is 154 cm³/mol. The van der Waals surface area contributed by atoms with E-state index in [1.54, 1.807) is 42.6 Å². The van der Waals surface area contributed by atoms with Crippen LogP contribution in [0.4, 0.5) is 5.69 Å². The van der Waals surface area contributed by atoms with Gasteiger partial charge in [-0.15, -0.1) is 0 Å². The lowest BCUT2D eigenvalue weighted by atomic mass is 9.97. The zero-order valence-corrected chi connectivity index (χ0v) is 22.1. The molecule has 190 valence electrons. The van der Waals surface area contributed by atoms with Crippen LogP contribution in [0.1, 0.15) is 11.1 Å². The second kappa shape index (κ2) is 10.7. The summed E-state index contributed by atoms with van der Waals surface area (Å²) in [6, 6.07) is 30.8. The van der Waals surface area contributed by atoms with Gasteiger partial charge in [0.2, 0.25) is 0 Å². The topological polar surface area (TPSA) is 78.8 Å². The fourth-order valence-electron chi connectivity index (χ4n) is 4.28. The van der Waals surface area contributed by atoms with Crippen LogP contribution in [-0.4, -0.2) is 27.1 Å². The van der Waals surface area contributed by atoms with E-state index in [0.717, 1.165) is 37.0 Å². The molecule has 0 radical (unpaired) electrons. The largest absolute Gasteiger partial charge is 0.271 e. The highest BCUT2D eigenvalue weighted by atomic mass is 35.5. The van der Waals surface area contributed by atoms with Crippen LogP contribution in [0.3, 0.4) is 0 Å². The highest BCUT2D eigenvalue weighted by molar-refractivity contribution is 7.92. The van der Waals surface area contributed by atoms with Crippen molar-refractivity contribution in [1.82, 2.24) is 5.43 Å². The first-order valence-corrected chi connectivity index (χ1v) is 13.7. The van der Waals surface area contributed by atoms with Crippen LogP contribution in [0.15, 0.2) is 113 Å². The molecule has 0 aliphatic heterocycles. The van der Waals surface area contributed by atoms with Crippen LogP contribution in [0.25, 0.3) is 21.5 Å². The van der Waals surface area contributed by atoms with E-state index in [2.05, 4.69) is 16.6 Å². The molecule has 0 heterocycles. The Kier molecular flexibility index (Phi) is 7.13. The number of hydrazone groups is 1. The van der Waals surface area contributed by atoms with Crippen molar-refractivity contribution < 1.29 is 13.2 Å². The third-order valence-corrected chi connectivity index (χ3v) is 8.25. The number of anilines is 1. The van der Waals surface area contributed by atoms with E-state index in [9.17, 15) is 13.2 Å². The molecule has 0 spiro atoms. The van der Waals surface area contributed by atoms with Gasteiger partial charge in [-0.25, -0.2) is 13.8 Å². The molecule has 0 aliphatic rings. The summed E-state index contributed by atoms with van der Waals surface area (Å²) in [5.74, 6) is -0.587. The smallest absolute Gasteiger partial charge is 0.264 e. The number of hydrogen-bond donors (Lipinski definition) is 1. The number of nitrogens with one attached hydrogen (secondary N) is 1. The normalized spacial score (nSPS) is 11.7. The van der Waals surface area contributed by atoms with E-state index >= 15 is 0 Å². The van der Waals surface area contributed by atoms with Crippen molar-refractivity contribution in [3.8, 4) is 0 Å². The van der Waals surface area contributed by atoms with Gasteiger partial charge in [-0.3, -0.25) is 9.10 Å². The Balaban J connectivity index is 1.44. The Morgan fingerprint density at radius 1 is 0.868 bits per heavy atom. The molecule has 0 fully saturated rings. The molecule has 5 rings (SSSR count). The lowest BCUT2D eigenvalue weighted by molar-refractivity contribution is -0.119. The van der Waals surface area contributed by atoms with Crippen molar-refractivity contribution in [2.45, 2.75) is 11.8 Å². The van der Waals surface area contributed by atoms with Crippen molar-refractivity contribution in [1.29, 1.82) is 0 Å². The van der Waals surface area contributed by atoms with Crippen molar-refractivity contribution in [3.05, 3.63) is 119 Å². The van der Waals surface area contributed by atoms with Gasteiger partial charge in [0.25, 0.3) is 15.9 Å². The van der Waals surface area contributed by atoms with Crippen LogP contribution in [0.5, 0.6) is 0 Å². The third kappa shape index (κ3) is 5.25. The summed E-state index contributed by atoms with van der Waals surface area (Å²) in [7, 11) is -4.04. The fourth-order valence-corrected chi connectivity index (χ4v) is 5.83. The predicted octanol–water partition coefficient (Wildman–Crippen LogP) is 6.30. The molecule has 0 saturated heterocycles. The van der Waals surface area contributed by atoms with Crippen molar-refractivity contribution in [3.63, 3.8) is 0 Å². The molecule has 8 heteroatoms. The number of carbonyl (C=O) groups excluding carboxylic acids is 1. The number of hydrogen-bond acceptors (Lipinski definition) is 4. The van der Waals surface area contributed by atoms with E-state index in [-0.39, 0.29) is 4.90 Å². The quantitative estimate of drug-likeness (QED) is 0.149. The Morgan fingerprint density at radius 3 is 2.05 bits per heavy atom. The molecular weight excluding hydrogens is 518 g/mol. The highest BCUT2D eigenvalue weighted by Gasteiger charge is 2.27. The molecule has 0 aliphatic carbocycles. The van der Waals surface area contributed by atoms with Crippen molar-refractivity contribution in [2.75, 3.05) is 10.8 Å². The summed E-state index contributed by atoms with van der Waals surface area (Å²) < 4.78 is 28.1. The Hall–Kier alpha value is -4.20. The number of fused-ring (bicyclic) bond motifs is 2. The van der Waals surface area contributed by atoms with Gasteiger partial charge in [-0.2, -0.15) is 5.10 Å². The number of nitrogens with zero attached hydrogens (tertiary/aromatic N) is 2. The van der Waals surface area contributed by atoms with E-state index in [1.807, 2.05) is 55.5 Å². The monoisotopic (exact) mass is 541 g/mol. The zero-order valence-electron chi connectivity index (χ0n) is 20.5. The van der Waals surface area contributed by atoms with Crippen LogP contribution >= 0.6 is 11.6 Å². The van der Waals surface area contributed by atoms with E-state index in [1.165, 1.54) is 12.1 Å². The summed E-state index contributed by atoms with van der Waals surface area (Å²) in [5.41, 5.74) is 4.61. The minimum atomic E-state index is -4.04. The number of aryl methyl sites for hydroxylation is 1. The van der Waals surface area contributed by atoms with E-state index in [4.69, 9.17) is 11.6 Å². The standard InChI is InChI=1S/C30H24ClN3O3S/c1-21-10-16-26(17-11-21)38(36,37)34(25-14-12-24(31)13-15-25)20-30(35)33-32-19-29-27-8-4-2-6-22(27)18-23-7-3-5-9-28(23)29/h2-19H,20H2,1H3,(H,33,35). The van der Waals surface area contributed by atoms with Gasteiger partial charge in [-0.1, -0.05) is 77.8 Å². The lowest BCUT2D eigenvalue weighted by Gasteiger charge is -2.23. The Labute approximate surface area is 226 Å². The number of amides is 1. The minimum absolute atomic E-state index is 0.0802. The van der Waals surface area contributed by atoms with Gasteiger partial charge in [0, 0.05) is 10.6 Å². The number of benzene rings is 5. The lowest BCUT2D eigenvalue weighted by Crippen LogP contribution is -2.39. The van der Waals surface area contributed by atoms with E-state index < -0.39 is 22.5 Å². The fraction of sp³-hybridized carbons (Fsp3) is 0.0667.